The molecule has 10 aromatic rings. The maximum atomic E-state index is 5.23. The van der Waals surface area contributed by atoms with E-state index in [2.05, 4.69) is 178 Å². The Morgan fingerprint density at radius 2 is 1.12 bits per heavy atom. The molecule has 1 aliphatic carbocycles. The summed E-state index contributed by atoms with van der Waals surface area (Å²) in [4.78, 5) is 10.3. The Kier molecular flexibility index (Phi) is 7.35. The molecule has 0 bridgehead atoms. The Bertz CT molecular complexity index is 3280. The highest BCUT2D eigenvalue weighted by Crippen LogP contribution is 2.47. The maximum absolute atomic E-state index is 5.23. The largest absolute Gasteiger partial charge is 0.344 e. The predicted octanol–water partition coefficient (Wildman–Crippen LogP) is 12.1. The molecule has 0 radical (unpaired) electrons. The predicted molar refractivity (Wildman–Crippen MR) is 240 cm³/mol. The van der Waals surface area contributed by atoms with E-state index < -0.39 is 0 Å². The van der Waals surface area contributed by atoms with Gasteiger partial charge in [0.05, 0.1) is 22.1 Å². The molecule has 1 unspecified atom stereocenters. The van der Waals surface area contributed by atoms with Gasteiger partial charge in [-0.05, 0) is 83.1 Å². The van der Waals surface area contributed by atoms with Crippen molar-refractivity contribution < 1.29 is 0 Å². The van der Waals surface area contributed by atoms with Gasteiger partial charge in [-0.1, -0.05) is 146 Å². The zero-order valence-electron chi connectivity index (χ0n) is 31.7. The number of para-hydroxylation sites is 2. The highest BCUT2D eigenvalue weighted by Gasteiger charge is 2.28. The fraction of sp³-hybridized carbons (Fsp3) is 0.0566. The molecule has 5 heteroatoms. The topological polar surface area (TPSA) is 46.6 Å². The van der Waals surface area contributed by atoms with E-state index in [0.29, 0.717) is 0 Å². The lowest BCUT2D eigenvalue weighted by Gasteiger charge is -2.24. The molecule has 0 saturated carbocycles. The second-order valence-electron chi connectivity index (χ2n) is 15.4. The fourth-order valence-corrected chi connectivity index (χ4v) is 9.46. The normalized spacial score (nSPS) is 14.9. The first kappa shape index (κ1) is 32.7. The summed E-state index contributed by atoms with van der Waals surface area (Å²) in [5.74, 6) is 1.54. The van der Waals surface area contributed by atoms with Gasteiger partial charge in [0.25, 0.3) is 0 Å². The van der Waals surface area contributed by atoms with Gasteiger partial charge >= 0.3 is 0 Å². The first-order valence-corrected chi connectivity index (χ1v) is 20.1. The van der Waals surface area contributed by atoms with Crippen LogP contribution >= 0.6 is 0 Å². The summed E-state index contributed by atoms with van der Waals surface area (Å²) in [6.45, 7) is 0. The third-order valence-corrected chi connectivity index (χ3v) is 12.0. The average Bonchev–Trinajstić information content (AvgIpc) is 3.82. The fourth-order valence-electron chi connectivity index (χ4n) is 9.46. The zero-order valence-corrected chi connectivity index (χ0v) is 31.7. The number of nitrogens with zero attached hydrogens (tertiary/aromatic N) is 4. The van der Waals surface area contributed by atoms with Crippen LogP contribution in [-0.4, -0.2) is 20.8 Å². The third-order valence-electron chi connectivity index (χ3n) is 12.0. The minimum absolute atomic E-state index is 0.328. The van der Waals surface area contributed by atoms with E-state index in [1.54, 1.807) is 0 Å². The summed E-state index contributed by atoms with van der Waals surface area (Å²) in [7, 11) is 0. The Labute approximate surface area is 335 Å². The second kappa shape index (κ2) is 13.0. The van der Waals surface area contributed by atoms with Gasteiger partial charge in [-0.25, -0.2) is 9.98 Å². The monoisotopic (exact) mass is 743 g/mol. The van der Waals surface area contributed by atoms with Crippen LogP contribution in [0.2, 0.25) is 0 Å². The van der Waals surface area contributed by atoms with Crippen molar-refractivity contribution in [1.29, 1.82) is 0 Å². The van der Waals surface area contributed by atoms with Gasteiger partial charge in [0.1, 0.15) is 12.0 Å². The van der Waals surface area contributed by atoms with Crippen LogP contribution < -0.4 is 5.32 Å². The van der Waals surface area contributed by atoms with E-state index in [1.807, 2.05) is 24.3 Å². The van der Waals surface area contributed by atoms with Gasteiger partial charge in [0, 0.05) is 44.0 Å². The van der Waals surface area contributed by atoms with Crippen LogP contribution in [0.5, 0.6) is 0 Å². The van der Waals surface area contributed by atoms with Gasteiger partial charge in [0.2, 0.25) is 0 Å². The molecule has 2 aliphatic rings. The van der Waals surface area contributed by atoms with Crippen molar-refractivity contribution in [1.82, 2.24) is 14.5 Å². The first-order valence-electron chi connectivity index (χ1n) is 20.1. The number of fused-ring (bicyclic) bond motifs is 4. The van der Waals surface area contributed by atoms with E-state index in [9.17, 15) is 0 Å². The molecule has 12 rings (SSSR count). The molecule has 1 aliphatic heterocycles. The Morgan fingerprint density at radius 3 is 1.90 bits per heavy atom. The molecule has 0 amide bonds. The number of aryl methyl sites for hydroxylation is 2. The van der Waals surface area contributed by atoms with Crippen LogP contribution in [0, 0.1) is 0 Å². The molecular weight excluding hydrogens is 707 g/mol. The van der Waals surface area contributed by atoms with Gasteiger partial charge in [-0.3, -0.25) is 0 Å². The minimum Gasteiger partial charge on any atom is -0.344 e. The van der Waals surface area contributed by atoms with Crippen LogP contribution in [0.1, 0.15) is 34.0 Å². The minimum atomic E-state index is -0.328. The van der Waals surface area contributed by atoms with Crippen LogP contribution in [0.3, 0.4) is 0 Å². The van der Waals surface area contributed by atoms with E-state index >= 15 is 0 Å². The van der Waals surface area contributed by atoms with Gasteiger partial charge in [-0.15, -0.1) is 0 Å². The number of amidine groups is 2. The molecule has 2 aromatic heterocycles. The quantitative estimate of drug-likeness (QED) is 0.181. The van der Waals surface area contributed by atoms with E-state index in [0.717, 1.165) is 46.9 Å². The van der Waals surface area contributed by atoms with Crippen molar-refractivity contribution in [3.63, 3.8) is 0 Å². The lowest BCUT2D eigenvalue weighted by Crippen LogP contribution is -2.33. The number of rotatable bonds is 6. The molecule has 274 valence electrons. The van der Waals surface area contributed by atoms with Crippen LogP contribution in [-0.2, 0) is 12.8 Å². The molecule has 0 spiro atoms. The summed E-state index contributed by atoms with van der Waals surface area (Å²) in [5, 5.41) is 8.95. The van der Waals surface area contributed by atoms with Crippen molar-refractivity contribution in [3.05, 3.63) is 216 Å². The summed E-state index contributed by atoms with van der Waals surface area (Å²) in [6, 6.07) is 67.4. The van der Waals surface area contributed by atoms with Gasteiger partial charge < -0.3 is 14.5 Å². The molecule has 1 atom stereocenters. The molecule has 3 heterocycles. The average molecular weight is 744 g/mol. The van der Waals surface area contributed by atoms with Crippen molar-refractivity contribution in [2.75, 3.05) is 0 Å². The maximum Gasteiger partial charge on any atom is 0.159 e. The van der Waals surface area contributed by atoms with Crippen LogP contribution in [0.25, 0.3) is 66.1 Å². The highest BCUT2D eigenvalue weighted by molar-refractivity contribution is 6.23. The van der Waals surface area contributed by atoms with E-state index in [-0.39, 0.29) is 6.17 Å². The number of benzene rings is 8. The Hall–Kier alpha value is -7.50. The standard InChI is InChI=1S/C53H37N5/c1-5-16-34(17-6-1)39-30-37-28-29-43-49-47(57(46(32-39)48(37)49)40-23-11-4-12-24-40)33-44-42-26-13-14-27-45(42)58(50(43)44)41-25-15-22-38(31-41)53-55-51(35-18-7-2-8-19-35)54-52(56-53)36-20-9-3-10-21-36/h1-27,30-33,53H,28-29H2,(H,54,55,56). The molecule has 5 nitrogen and oxygen atoms in total. The van der Waals surface area contributed by atoms with Crippen molar-refractivity contribution in [3.8, 4) is 22.5 Å². The zero-order chi connectivity index (χ0) is 38.2. The highest BCUT2D eigenvalue weighted by atomic mass is 15.2. The van der Waals surface area contributed by atoms with E-state index in [4.69, 9.17) is 9.98 Å². The Morgan fingerprint density at radius 1 is 0.466 bits per heavy atom. The number of hydrogen-bond acceptors (Lipinski definition) is 3. The number of aliphatic imine (C=N–C) groups is 2. The summed E-state index contributed by atoms with van der Waals surface area (Å²) < 4.78 is 5.01. The van der Waals surface area contributed by atoms with Crippen molar-refractivity contribution >= 4 is 55.3 Å². The third kappa shape index (κ3) is 5.10. The Balaban J connectivity index is 1.10. The summed E-state index contributed by atoms with van der Waals surface area (Å²) in [6.07, 6.45) is 1.60. The summed E-state index contributed by atoms with van der Waals surface area (Å²) >= 11 is 0. The van der Waals surface area contributed by atoms with Gasteiger partial charge in [0.15, 0.2) is 5.84 Å². The lowest BCUT2D eigenvalue weighted by molar-refractivity contribution is 0.674. The molecule has 0 saturated heterocycles. The number of nitrogens with one attached hydrogen (secondary N) is 1. The molecule has 1 N–H and O–H groups in total. The SMILES string of the molecule is c1ccc(C2=NC(c3cccc(-n4c5ccccc5c5cc6c7c(c54)CCc4cc(-c5ccccc5)cc(c47)n6-c4ccccc4)c3)NC(c3ccccc3)=N2)cc1. The van der Waals surface area contributed by atoms with Gasteiger partial charge in [-0.2, -0.15) is 0 Å². The number of hydrogen-bond donors (Lipinski definition) is 1. The second-order valence-corrected chi connectivity index (χ2v) is 15.4. The van der Waals surface area contributed by atoms with Crippen LogP contribution in [0.4, 0.5) is 0 Å². The van der Waals surface area contributed by atoms with E-state index in [1.165, 1.54) is 71.6 Å². The molecule has 8 aromatic carbocycles. The smallest absolute Gasteiger partial charge is 0.159 e. The van der Waals surface area contributed by atoms with Crippen molar-refractivity contribution in [2.45, 2.75) is 19.0 Å². The molecule has 58 heavy (non-hydrogen) atoms. The van der Waals surface area contributed by atoms with Crippen LogP contribution in [0.15, 0.2) is 198 Å². The van der Waals surface area contributed by atoms with Crippen molar-refractivity contribution in [2.24, 2.45) is 9.98 Å². The lowest BCUT2D eigenvalue weighted by atomic mass is 9.87. The summed E-state index contributed by atoms with van der Waals surface area (Å²) in [5.41, 5.74) is 15.7. The molecular formula is C53H37N5. The first-order chi connectivity index (χ1) is 28.8. The number of aromatic nitrogens is 2. The molecule has 0 fully saturated rings.